The molecule has 6 nitrogen and oxygen atoms in total. The van der Waals surface area contributed by atoms with Crippen LogP contribution in [-0.2, 0) is 9.59 Å². The average Bonchev–Trinajstić information content (AvgIpc) is 2.54. The maximum atomic E-state index is 12.0. The molecule has 0 unspecified atom stereocenters. The van der Waals surface area contributed by atoms with E-state index in [1.807, 2.05) is 45.0 Å². The molecule has 0 saturated carbocycles. The van der Waals surface area contributed by atoms with E-state index in [9.17, 15) is 9.59 Å². The predicted molar refractivity (Wildman–Crippen MR) is 93.2 cm³/mol. The number of benzene rings is 1. The molecule has 1 aromatic rings. The van der Waals surface area contributed by atoms with Crippen molar-refractivity contribution in [3.63, 3.8) is 0 Å². The third-order valence-corrected chi connectivity index (χ3v) is 3.49. The smallest absolute Gasteiger partial charge is 0.225 e. The molecule has 6 heteroatoms. The van der Waals surface area contributed by atoms with Crippen LogP contribution in [-0.4, -0.2) is 50.6 Å². The van der Waals surface area contributed by atoms with Gasteiger partial charge in [0, 0.05) is 25.4 Å². The number of methoxy groups -OCH3 is 1. The van der Waals surface area contributed by atoms with E-state index in [1.165, 1.54) is 0 Å². The topological polar surface area (TPSA) is 67.9 Å². The lowest BCUT2D eigenvalue weighted by Gasteiger charge is -2.20. The first-order chi connectivity index (χ1) is 11.2. The van der Waals surface area contributed by atoms with E-state index >= 15 is 0 Å². The molecule has 0 fully saturated rings. The number of hydrogen-bond donors (Lipinski definition) is 1. The van der Waals surface area contributed by atoms with Crippen LogP contribution in [0.15, 0.2) is 24.3 Å². The molecule has 134 valence electrons. The van der Waals surface area contributed by atoms with Crippen molar-refractivity contribution in [3.05, 3.63) is 24.3 Å². The van der Waals surface area contributed by atoms with E-state index in [-0.39, 0.29) is 18.2 Å². The van der Waals surface area contributed by atoms with Crippen LogP contribution in [0.2, 0.25) is 0 Å². The number of carbonyl (C=O) groups is 2. The fourth-order valence-electron chi connectivity index (χ4n) is 1.84. The van der Waals surface area contributed by atoms with E-state index in [2.05, 4.69) is 5.32 Å². The molecule has 0 radical (unpaired) electrons. The van der Waals surface area contributed by atoms with Gasteiger partial charge in [0.05, 0.1) is 13.7 Å². The number of rotatable bonds is 8. The lowest BCUT2D eigenvalue weighted by molar-refractivity contribution is -0.131. The Morgan fingerprint density at radius 1 is 1.12 bits per heavy atom. The van der Waals surface area contributed by atoms with Crippen LogP contribution in [0.25, 0.3) is 0 Å². The highest BCUT2D eigenvalue weighted by atomic mass is 16.5. The Balaban J connectivity index is 2.25. The molecule has 1 rings (SSSR count). The van der Waals surface area contributed by atoms with Crippen LogP contribution in [0.4, 0.5) is 0 Å². The molecule has 0 bridgehead atoms. The minimum absolute atomic E-state index is 0.0254. The van der Waals surface area contributed by atoms with Crippen molar-refractivity contribution >= 4 is 11.8 Å². The van der Waals surface area contributed by atoms with E-state index in [4.69, 9.17) is 9.47 Å². The standard InChI is InChI=1S/C18H28N2O4/c1-18(2,3)17(22)19-11-10-16(21)20(4)12-13-24-15-8-6-14(23-5)7-9-15/h6-9H,10-13H2,1-5H3,(H,19,22). The van der Waals surface area contributed by atoms with E-state index in [1.54, 1.807) is 19.1 Å². The number of nitrogens with one attached hydrogen (secondary N) is 1. The zero-order valence-electron chi connectivity index (χ0n) is 15.2. The highest BCUT2D eigenvalue weighted by Gasteiger charge is 2.20. The van der Waals surface area contributed by atoms with E-state index in [0.717, 1.165) is 11.5 Å². The molecule has 2 amide bonds. The van der Waals surface area contributed by atoms with Gasteiger partial charge in [-0.3, -0.25) is 9.59 Å². The summed E-state index contributed by atoms with van der Waals surface area (Å²) in [6.45, 7) is 6.76. The summed E-state index contributed by atoms with van der Waals surface area (Å²) in [5.41, 5.74) is -0.443. The summed E-state index contributed by atoms with van der Waals surface area (Å²) in [5, 5.41) is 2.77. The third-order valence-electron chi connectivity index (χ3n) is 3.49. The van der Waals surface area contributed by atoms with Gasteiger partial charge in [-0.2, -0.15) is 0 Å². The molecule has 0 aliphatic carbocycles. The normalized spacial score (nSPS) is 10.9. The van der Waals surface area contributed by atoms with Crippen molar-refractivity contribution in [2.24, 2.45) is 5.41 Å². The second-order valence-electron chi connectivity index (χ2n) is 6.60. The zero-order valence-corrected chi connectivity index (χ0v) is 15.2. The Morgan fingerprint density at radius 2 is 1.71 bits per heavy atom. The van der Waals surface area contributed by atoms with Gasteiger partial charge in [0.15, 0.2) is 0 Å². The van der Waals surface area contributed by atoms with Gasteiger partial charge in [-0.1, -0.05) is 20.8 Å². The number of carbonyl (C=O) groups excluding carboxylic acids is 2. The molecule has 0 saturated heterocycles. The summed E-state index contributed by atoms with van der Waals surface area (Å²) in [6, 6.07) is 7.29. The van der Waals surface area contributed by atoms with Crippen molar-refractivity contribution in [1.82, 2.24) is 10.2 Å². The Bertz CT molecular complexity index is 535. The lowest BCUT2D eigenvalue weighted by atomic mass is 9.96. The summed E-state index contributed by atoms with van der Waals surface area (Å²) >= 11 is 0. The first kappa shape index (κ1) is 19.8. The van der Waals surface area contributed by atoms with Crippen LogP contribution in [0.5, 0.6) is 11.5 Å². The van der Waals surface area contributed by atoms with Gasteiger partial charge in [0.2, 0.25) is 11.8 Å². The maximum absolute atomic E-state index is 12.0. The maximum Gasteiger partial charge on any atom is 0.225 e. The van der Waals surface area contributed by atoms with Gasteiger partial charge >= 0.3 is 0 Å². The summed E-state index contributed by atoms with van der Waals surface area (Å²) in [6.07, 6.45) is 0.279. The third kappa shape index (κ3) is 6.89. The van der Waals surface area contributed by atoms with Crippen molar-refractivity contribution in [2.75, 3.05) is 33.9 Å². The van der Waals surface area contributed by atoms with Crippen LogP contribution >= 0.6 is 0 Å². The molecular weight excluding hydrogens is 308 g/mol. The molecule has 0 atom stereocenters. The molecule has 0 aromatic heterocycles. The molecule has 24 heavy (non-hydrogen) atoms. The van der Waals surface area contributed by atoms with Crippen LogP contribution < -0.4 is 14.8 Å². The van der Waals surface area contributed by atoms with Gasteiger partial charge in [0.1, 0.15) is 18.1 Å². The molecule has 1 N–H and O–H groups in total. The zero-order chi connectivity index (χ0) is 18.2. The SMILES string of the molecule is COc1ccc(OCCN(C)C(=O)CCNC(=O)C(C)(C)C)cc1. The number of nitrogens with zero attached hydrogens (tertiary/aromatic N) is 1. The van der Waals surface area contributed by atoms with E-state index in [0.29, 0.717) is 19.7 Å². The molecule has 0 heterocycles. The minimum Gasteiger partial charge on any atom is -0.497 e. The highest BCUT2D eigenvalue weighted by Crippen LogP contribution is 2.16. The number of ether oxygens (including phenoxy) is 2. The molecule has 0 aliphatic heterocycles. The van der Waals surface area contributed by atoms with Crippen molar-refractivity contribution in [3.8, 4) is 11.5 Å². The summed E-state index contributed by atoms with van der Waals surface area (Å²) in [5.74, 6) is 1.42. The predicted octanol–water partition coefficient (Wildman–Crippen LogP) is 2.08. The Labute approximate surface area is 144 Å². The monoisotopic (exact) mass is 336 g/mol. The second kappa shape index (κ2) is 9.15. The Morgan fingerprint density at radius 3 is 2.25 bits per heavy atom. The van der Waals surface area contributed by atoms with Crippen LogP contribution in [0.3, 0.4) is 0 Å². The van der Waals surface area contributed by atoms with E-state index < -0.39 is 5.41 Å². The second-order valence-corrected chi connectivity index (χ2v) is 6.60. The molecular formula is C18H28N2O4. The van der Waals surface area contributed by atoms with Gasteiger partial charge in [-0.05, 0) is 24.3 Å². The van der Waals surface area contributed by atoms with Crippen LogP contribution in [0.1, 0.15) is 27.2 Å². The first-order valence-corrected chi connectivity index (χ1v) is 8.03. The highest BCUT2D eigenvalue weighted by molar-refractivity contribution is 5.82. The van der Waals surface area contributed by atoms with Crippen molar-refractivity contribution < 1.29 is 19.1 Å². The Hall–Kier alpha value is -2.24. The number of hydrogen-bond acceptors (Lipinski definition) is 4. The van der Waals surface area contributed by atoms with Gasteiger partial charge in [-0.15, -0.1) is 0 Å². The summed E-state index contributed by atoms with van der Waals surface area (Å²) < 4.78 is 10.7. The first-order valence-electron chi connectivity index (χ1n) is 8.03. The number of likely N-dealkylation sites (N-methyl/N-ethyl adjacent to an activating group) is 1. The van der Waals surface area contributed by atoms with Crippen molar-refractivity contribution in [2.45, 2.75) is 27.2 Å². The molecule has 0 aliphatic rings. The molecule has 0 spiro atoms. The minimum atomic E-state index is -0.443. The Kier molecular flexibility index (Phi) is 7.55. The lowest BCUT2D eigenvalue weighted by Crippen LogP contribution is -2.38. The number of amides is 2. The summed E-state index contributed by atoms with van der Waals surface area (Å²) in [4.78, 5) is 25.3. The fraction of sp³-hybridized carbons (Fsp3) is 0.556. The van der Waals surface area contributed by atoms with Gasteiger partial charge in [-0.25, -0.2) is 0 Å². The summed E-state index contributed by atoms with van der Waals surface area (Å²) in [7, 11) is 3.34. The fourth-order valence-corrected chi connectivity index (χ4v) is 1.84. The van der Waals surface area contributed by atoms with Crippen molar-refractivity contribution in [1.29, 1.82) is 0 Å². The largest absolute Gasteiger partial charge is 0.497 e. The molecule has 1 aromatic carbocycles. The van der Waals surface area contributed by atoms with Crippen LogP contribution in [0, 0.1) is 5.41 Å². The van der Waals surface area contributed by atoms with Gasteiger partial charge < -0.3 is 19.7 Å². The quantitative estimate of drug-likeness (QED) is 0.789. The average molecular weight is 336 g/mol. The van der Waals surface area contributed by atoms with Gasteiger partial charge in [0.25, 0.3) is 0 Å².